The first-order chi connectivity index (χ1) is 10.1. The van der Waals surface area contributed by atoms with Gasteiger partial charge in [-0.2, -0.15) is 0 Å². The molecule has 2 aromatic carbocycles. The third-order valence-electron chi connectivity index (χ3n) is 4.10. The van der Waals surface area contributed by atoms with E-state index in [1.165, 1.54) is 22.3 Å². The maximum atomic E-state index is 9.66. The molecular formula is C18H17ClO2. The van der Waals surface area contributed by atoms with Crippen LogP contribution in [0.2, 0.25) is 5.02 Å². The van der Waals surface area contributed by atoms with E-state index >= 15 is 0 Å². The molecule has 2 aromatic rings. The first-order valence-corrected chi connectivity index (χ1v) is 7.45. The van der Waals surface area contributed by atoms with E-state index in [0.717, 1.165) is 24.8 Å². The minimum atomic E-state index is 0.181. The lowest BCUT2D eigenvalue weighted by Gasteiger charge is -2.13. The van der Waals surface area contributed by atoms with Crippen LogP contribution in [-0.2, 0) is 6.42 Å². The van der Waals surface area contributed by atoms with Crippen LogP contribution < -0.4 is 0 Å². The molecule has 3 heteroatoms. The average Bonchev–Trinajstić information content (AvgIpc) is 2.58. The van der Waals surface area contributed by atoms with E-state index in [-0.39, 0.29) is 5.75 Å². The molecule has 1 aliphatic rings. The minimum Gasteiger partial charge on any atom is -0.508 e. The van der Waals surface area contributed by atoms with Crippen molar-refractivity contribution in [3.8, 4) is 11.5 Å². The Labute approximate surface area is 129 Å². The Morgan fingerprint density at radius 2 is 1.57 bits per heavy atom. The second-order valence-corrected chi connectivity index (χ2v) is 5.87. The first-order valence-electron chi connectivity index (χ1n) is 7.07. The Kier molecular flexibility index (Phi) is 3.64. The normalized spacial score (nSPS) is 14.8. The molecule has 0 fully saturated rings. The summed E-state index contributed by atoms with van der Waals surface area (Å²) in [4.78, 5) is 0. The number of allylic oxidation sites excluding steroid dienone is 2. The standard InChI is InChI=1S/C18H17ClO2/c1-11-15-7-5-13(20)9-12(15)3-2-4-16(11)17-8-6-14(21)10-18(17)19/h5-10,20-21H,2-4H2,1H3. The number of aromatic hydroxyl groups is 2. The van der Waals surface area contributed by atoms with Crippen LogP contribution in [0.15, 0.2) is 36.4 Å². The van der Waals surface area contributed by atoms with Crippen LogP contribution in [-0.4, -0.2) is 10.2 Å². The Morgan fingerprint density at radius 3 is 2.29 bits per heavy atom. The Morgan fingerprint density at radius 1 is 0.905 bits per heavy atom. The molecule has 0 atom stereocenters. The zero-order valence-corrected chi connectivity index (χ0v) is 12.6. The number of phenols is 2. The lowest BCUT2D eigenvalue weighted by molar-refractivity contribution is 0.474. The van der Waals surface area contributed by atoms with Crippen molar-refractivity contribution in [1.29, 1.82) is 0 Å². The molecule has 21 heavy (non-hydrogen) atoms. The van der Waals surface area contributed by atoms with Crippen LogP contribution in [0.5, 0.6) is 11.5 Å². The van der Waals surface area contributed by atoms with Gasteiger partial charge in [0.15, 0.2) is 0 Å². The summed E-state index contributed by atoms with van der Waals surface area (Å²) in [5, 5.41) is 19.8. The number of hydrogen-bond acceptors (Lipinski definition) is 2. The molecule has 0 saturated heterocycles. The van der Waals surface area contributed by atoms with Crippen molar-refractivity contribution < 1.29 is 10.2 Å². The van der Waals surface area contributed by atoms with E-state index < -0.39 is 0 Å². The van der Waals surface area contributed by atoms with Crippen molar-refractivity contribution in [2.24, 2.45) is 0 Å². The van der Waals surface area contributed by atoms with Gasteiger partial charge in [-0.05, 0) is 84.4 Å². The third kappa shape index (κ3) is 2.64. The summed E-state index contributed by atoms with van der Waals surface area (Å²) in [6, 6.07) is 10.7. The molecule has 0 spiro atoms. The van der Waals surface area contributed by atoms with Gasteiger partial charge in [0.2, 0.25) is 0 Å². The molecule has 0 unspecified atom stereocenters. The molecule has 3 rings (SSSR count). The molecule has 0 aromatic heterocycles. The number of benzene rings is 2. The van der Waals surface area contributed by atoms with Crippen LogP contribution >= 0.6 is 11.6 Å². The van der Waals surface area contributed by atoms with Gasteiger partial charge in [0.1, 0.15) is 11.5 Å². The Hall–Kier alpha value is -1.93. The summed E-state index contributed by atoms with van der Waals surface area (Å²) in [6.45, 7) is 2.10. The van der Waals surface area contributed by atoms with Gasteiger partial charge in [0, 0.05) is 0 Å². The number of rotatable bonds is 1. The molecular weight excluding hydrogens is 284 g/mol. The maximum absolute atomic E-state index is 9.66. The fourth-order valence-electron chi connectivity index (χ4n) is 3.04. The maximum Gasteiger partial charge on any atom is 0.117 e. The van der Waals surface area contributed by atoms with Crippen molar-refractivity contribution in [2.75, 3.05) is 0 Å². The highest BCUT2D eigenvalue weighted by Gasteiger charge is 2.17. The van der Waals surface area contributed by atoms with Crippen molar-refractivity contribution in [2.45, 2.75) is 26.2 Å². The molecule has 2 N–H and O–H groups in total. The van der Waals surface area contributed by atoms with Crippen molar-refractivity contribution >= 4 is 22.7 Å². The van der Waals surface area contributed by atoms with E-state index in [2.05, 4.69) is 6.92 Å². The first kappa shape index (κ1) is 14.0. The average molecular weight is 301 g/mol. The lowest BCUT2D eigenvalue weighted by Crippen LogP contribution is -1.91. The lowest BCUT2D eigenvalue weighted by atomic mass is 9.93. The van der Waals surface area contributed by atoms with Gasteiger partial charge < -0.3 is 10.2 Å². The topological polar surface area (TPSA) is 40.5 Å². The van der Waals surface area contributed by atoms with E-state index in [4.69, 9.17) is 11.6 Å². The van der Waals surface area contributed by atoms with Gasteiger partial charge in [-0.1, -0.05) is 17.7 Å². The highest BCUT2D eigenvalue weighted by Crippen LogP contribution is 2.39. The summed E-state index contributed by atoms with van der Waals surface area (Å²) in [6.07, 6.45) is 2.90. The summed E-state index contributed by atoms with van der Waals surface area (Å²) < 4.78 is 0. The van der Waals surface area contributed by atoms with Gasteiger partial charge in [0.05, 0.1) is 5.02 Å². The SMILES string of the molecule is CC1=C(c2ccc(O)cc2Cl)CCCc2cc(O)ccc21. The molecule has 108 valence electrons. The quantitative estimate of drug-likeness (QED) is 0.776. The minimum absolute atomic E-state index is 0.181. The fraction of sp³-hybridized carbons (Fsp3) is 0.222. The second kappa shape index (κ2) is 5.45. The smallest absolute Gasteiger partial charge is 0.117 e. The molecule has 0 bridgehead atoms. The van der Waals surface area contributed by atoms with Crippen LogP contribution in [0.3, 0.4) is 0 Å². The molecule has 0 heterocycles. The van der Waals surface area contributed by atoms with Crippen LogP contribution in [0.25, 0.3) is 11.1 Å². The van der Waals surface area contributed by atoms with Crippen molar-refractivity contribution in [3.05, 3.63) is 58.1 Å². The van der Waals surface area contributed by atoms with E-state index in [0.29, 0.717) is 10.8 Å². The van der Waals surface area contributed by atoms with Crippen LogP contribution in [0.4, 0.5) is 0 Å². The van der Waals surface area contributed by atoms with Crippen molar-refractivity contribution in [1.82, 2.24) is 0 Å². The summed E-state index contributed by atoms with van der Waals surface area (Å²) >= 11 is 6.30. The Balaban J connectivity index is 2.17. The highest BCUT2D eigenvalue weighted by molar-refractivity contribution is 6.32. The number of fused-ring (bicyclic) bond motifs is 1. The number of aryl methyl sites for hydroxylation is 1. The van der Waals surface area contributed by atoms with Crippen molar-refractivity contribution in [3.63, 3.8) is 0 Å². The van der Waals surface area contributed by atoms with E-state index in [9.17, 15) is 10.2 Å². The van der Waals surface area contributed by atoms with Gasteiger partial charge in [-0.15, -0.1) is 0 Å². The summed E-state index contributed by atoms with van der Waals surface area (Å²) in [5.41, 5.74) is 5.73. The number of phenolic OH excluding ortho intramolecular Hbond substituents is 2. The zero-order valence-electron chi connectivity index (χ0n) is 11.9. The van der Waals surface area contributed by atoms with Crippen LogP contribution in [0, 0.1) is 0 Å². The second-order valence-electron chi connectivity index (χ2n) is 5.46. The van der Waals surface area contributed by atoms with Crippen LogP contribution in [0.1, 0.15) is 36.5 Å². The number of halogens is 1. The fourth-order valence-corrected chi connectivity index (χ4v) is 3.33. The highest BCUT2D eigenvalue weighted by atomic mass is 35.5. The predicted molar refractivity (Wildman–Crippen MR) is 86.6 cm³/mol. The molecule has 0 radical (unpaired) electrons. The summed E-state index contributed by atoms with van der Waals surface area (Å²) in [7, 11) is 0. The summed E-state index contributed by atoms with van der Waals surface area (Å²) in [5.74, 6) is 0.494. The largest absolute Gasteiger partial charge is 0.508 e. The van der Waals surface area contributed by atoms with Gasteiger partial charge in [-0.3, -0.25) is 0 Å². The number of hydrogen-bond donors (Lipinski definition) is 2. The molecule has 0 saturated carbocycles. The third-order valence-corrected chi connectivity index (χ3v) is 4.41. The van der Waals surface area contributed by atoms with Gasteiger partial charge >= 0.3 is 0 Å². The molecule has 0 amide bonds. The van der Waals surface area contributed by atoms with Gasteiger partial charge in [-0.25, -0.2) is 0 Å². The van der Waals surface area contributed by atoms with E-state index in [1.807, 2.05) is 18.2 Å². The Bertz CT molecular complexity index is 732. The van der Waals surface area contributed by atoms with E-state index in [1.54, 1.807) is 18.2 Å². The molecule has 0 aliphatic heterocycles. The van der Waals surface area contributed by atoms with Gasteiger partial charge in [0.25, 0.3) is 0 Å². The predicted octanol–water partition coefficient (Wildman–Crippen LogP) is 5.02. The zero-order chi connectivity index (χ0) is 15.0. The molecule has 2 nitrogen and oxygen atoms in total. The molecule has 1 aliphatic carbocycles. The monoisotopic (exact) mass is 300 g/mol.